The Bertz CT molecular complexity index is 1170. The van der Waals surface area contributed by atoms with Gasteiger partial charge in [-0.05, 0) is 48.7 Å². The van der Waals surface area contributed by atoms with Crippen molar-refractivity contribution in [2.45, 2.75) is 25.0 Å². The summed E-state index contributed by atoms with van der Waals surface area (Å²) in [6.45, 7) is 1.08. The van der Waals surface area contributed by atoms with Crippen LogP contribution in [0.2, 0.25) is 10.0 Å². The van der Waals surface area contributed by atoms with E-state index in [1.807, 2.05) is 12.1 Å². The van der Waals surface area contributed by atoms with Gasteiger partial charge in [0.1, 0.15) is 5.58 Å². The van der Waals surface area contributed by atoms with Crippen molar-refractivity contribution >= 4 is 40.1 Å². The van der Waals surface area contributed by atoms with Crippen LogP contribution in [0, 0.1) is 0 Å². The highest BCUT2D eigenvalue weighted by Gasteiger charge is 2.43. The number of amides is 1. The van der Waals surface area contributed by atoms with E-state index in [0.29, 0.717) is 39.7 Å². The van der Waals surface area contributed by atoms with E-state index in [4.69, 9.17) is 32.4 Å². The van der Waals surface area contributed by atoms with Gasteiger partial charge in [0.2, 0.25) is 5.76 Å². The first-order chi connectivity index (χ1) is 14.0. The van der Waals surface area contributed by atoms with Gasteiger partial charge in [-0.2, -0.15) is 0 Å². The highest BCUT2D eigenvalue weighted by Crippen LogP contribution is 2.39. The number of fused-ring (bicyclic) bond motifs is 2. The molecule has 0 saturated carbocycles. The summed E-state index contributed by atoms with van der Waals surface area (Å²) in [4.78, 5) is 28.4. The van der Waals surface area contributed by atoms with Gasteiger partial charge in [0.05, 0.1) is 23.1 Å². The van der Waals surface area contributed by atoms with Crippen molar-refractivity contribution in [1.29, 1.82) is 0 Å². The normalized spacial score (nSPS) is 21.2. The minimum atomic E-state index is -0.557. The van der Waals surface area contributed by atoms with Crippen LogP contribution in [-0.4, -0.2) is 30.1 Å². The standard InChI is InChI=1S/C22H17Cl2NO4/c23-13-5-3-12(4-6-13)19-18-20(26)16-10-14(24)7-8-17(16)29-21(18)22(27)25(19)11-15-2-1-9-28-15/h3-8,10,15,19H,1-2,9,11H2/t15-,19-/m0/s1. The average molecular weight is 430 g/mol. The first-order valence-electron chi connectivity index (χ1n) is 9.47. The molecule has 2 aliphatic rings. The van der Waals surface area contributed by atoms with E-state index < -0.39 is 6.04 Å². The zero-order chi connectivity index (χ0) is 20.1. The predicted octanol–water partition coefficient (Wildman–Crippen LogP) is 4.82. The second-order valence-corrected chi connectivity index (χ2v) is 8.23. The van der Waals surface area contributed by atoms with Crippen molar-refractivity contribution in [1.82, 2.24) is 4.90 Å². The Kier molecular flexibility index (Phi) is 4.62. The minimum absolute atomic E-state index is 0.0537. The van der Waals surface area contributed by atoms with Crippen molar-refractivity contribution in [3.05, 3.63) is 79.6 Å². The molecule has 2 aromatic carbocycles. The van der Waals surface area contributed by atoms with Crippen LogP contribution in [0.4, 0.5) is 0 Å². The van der Waals surface area contributed by atoms with Crippen LogP contribution in [0.5, 0.6) is 0 Å². The van der Waals surface area contributed by atoms with Gasteiger partial charge >= 0.3 is 0 Å². The van der Waals surface area contributed by atoms with Crippen LogP contribution in [0.15, 0.2) is 51.7 Å². The molecule has 0 radical (unpaired) electrons. The highest BCUT2D eigenvalue weighted by atomic mass is 35.5. The van der Waals surface area contributed by atoms with Gasteiger partial charge in [-0.25, -0.2) is 0 Å². The summed E-state index contributed by atoms with van der Waals surface area (Å²) >= 11 is 12.1. The second kappa shape index (κ2) is 7.17. The third-order valence-electron chi connectivity index (χ3n) is 5.54. The molecule has 2 aliphatic heterocycles. The molecule has 5 nitrogen and oxygen atoms in total. The Labute approximate surface area is 176 Å². The van der Waals surface area contributed by atoms with Gasteiger partial charge in [-0.3, -0.25) is 9.59 Å². The molecule has 1 saturated heterocycles. The summed E-state index contributed by atoms with van der Waals surface area (Å²) < 4.78 is 11.7. The molecule has 5 rings (SSSR count). The fraction of sp³-hybridized carbons (Fsp3) is 0.273. The molecule has 1 amide bonds. The Morgan fingerprint density at radius 2 is 1.79 bits per heavy atom. The van der Waals surface area contributed by atoms with Gasteiger partial charge < -0.3 is 14.1 Å². The van der Waals surface area contributed by atoms with E-state index in [1.54, 1.807) is 35.2 Å². The van der Waals surface area contributed by atoms with Crippen LogP contribution in [0.1, 0.15) is 40.6 Å². The lowest BCUT2D eigenvalue weighted by atomic mass is 9.98. The van der Waals surface area contributed by atoms with Crippen LogP contribution >= 0.6 is 23.2 Å². The van der Waals surface area contributed by atoms with E-state index >= 15 is 0 Å². The number of carbonyl (C=O) groups is 1. The van der Waals surface area contributed by atoms with Gasteiger partial charge in [0.25, 0.3) is 5.91 Å². The number of benzene rings is 2. The van der Waals surface area contributed by atoms with Crippen molar-refractivity contribution in [3.8, 4) is 0 Å². The van der Waals surface area contributed by atoms with E-state index in [0.717, 1.165) is 18.4 Å². The Morgan fingerprint density at radius 3 is 2.52 bits per heavy atom. The number of hydrogen-bond donors (Lipinski definition) is 0. The third kappa shape index (κ3) is 3.14. The van der Waals surface area contributed by atoms with E-state index in [-0.39, 0.29) is 23.2 Å². The molecule has 0 unspecified atom stereocenters. The number of carbonyl (C=O) groups excluding carboxylic acids is 1. The lowest BCUT2D eigenvalue weighted by Gasteiger charge is -2.27. The Balaban J connectivity index is 1.71. The monoisotopic (exact) mass is 429 g/mol. The molecule has 0 aliphatic carbocycles. The molecule has 3 aromatic rings. The first-order valence-corrected chi connectivity index (χ1v) is 10.2. The summed E-state index contributed by atoms with van der Waals surface area (Å²) in [6.07, 6.45) is 1.79. The fourth-order valence-electron chi connectivity index (χ4n) is 4.18. The van der Waals surface area contributed by atoms with E-state index in [9.17, 15) is 9.59 Å². The molecule has 2 atom stereocenters. The van der Waals surface area contributed by atoms with Gasteiger partial charge in [0.15, 0.2) is 5.43 Å². The maximum Gasteiger partial charge on any atom is 0.291 e. The summed E-state index contributed by atoms with van der Waals surface area (Å²) in [7, 11) is 0. The molecular weight excluding hydrogens is 413 g/mol. The molecule has 0 N–H and O–H groups in total. The smallest absolute Gasteiger partial charge is 0.291 e. The van der Waals surface area contributed by atoms with Crippen molar-refractivity contribution < 1.29 is 13.9 Å². The summed E-state index contributed by atoms with van der Waals surface area (Å²) in [6, 6.07) is 11.4. The SMILES string of the molecule is O=C1c2oc3ccc(Cl)cc3c(=O)c2[C@H](c2ccc(Cl)cc2)N1C[C@@H]1CCCO1. The predicted molar refractivity (Wildman–Crippen MR) is 111 cm³/mol. The number of hydrogen-bond acceptors (Lipinski definition) is 4. The van der Waals surface area contributed by atoms with Crippen molar-refractivity contribution in [2.75, 3.05) is 13.2 Å². The summed E-state index contributed by atoms with van der Waals surface area (Å²) in [5.74, 6) is -0.216. The van der Waals surface area contributed by atoms with Crippen molar-refractivity contribution in [2.24, 2.45) is 0 Å². The van der Waals surface area contributed by atoms with Gasteiger partial charge in [0, 0.05) is 23.2 Å². The molecule has 29 heavy (non-hydrogen) atoms. The molecule has 1 aromatic heterocycles. The molecule has 3 heterocycles. The van der Waals surface area contributed by atoms with Crippen LogP contribution in [0.25, 0.3) is 11.0 Å². The quantitative estimate of drug-likeness (QED) is 0.598. The van der Waals surface area contributed by atoms with Gasteiger partial charge in [-0.15, -0.1) is 0 Å². The highest BCUT2D eigenvalue weighted by molar-refractivity contribution is 6.31. The topological polar surface area (TPSA) is 59.8 Å². The zero-order valence-electron chi connectivity index (χ0n) is 15.4. The molecular formula is C22H17Cl2NO4. The largest absolute Gasteiger partial charge is 0.450 e. The molecule has 1 fully saturated rings. The lowest BCUT2D eigenvalue weighted by Crippen LogP contribution is -2.36. The van der Waals surface area contributed by atoms with Crippen molar-refractivity contribution in [3.63, 3.8) is 0 Å². The van der Waals surface area contributed by atoms with Crippen LogP contribution < -0.4 is 5.43 Å². The molecule has 0 bridgehead atoms. The maximum atomic E-state index is 13.4. The first kappa shape index (κ1) is 18.7. The van der Waals surface area contributed by atoms with Crippen LogP contribution in [-0.2, 0) is 4.74 Å². The van der Waals surface area contributed by atoms with E-state index in [2.05, 4.69) is 0 Å². The number of rotatable bonds is 3. The lowest BCUT2D eigenvalue weighted by molar-refractivity contribution is 0.0486. The zero-order valence-corrected chi connectivity index (χ0v) is 16.9. The summed E-state index contributed by atoms with van der Waals surface area (Å²) in [5.41, 5.74) is 1.24. The number of nitrogens with zero attached hydrogens (tertiary/aromatic N) is 1. The average Bonchev–Trinajstić information content (AvgIpc) is 3.32. The maximum absolute atomic E-state index is 13.4. The summed E-state index contributed by atoms with van der Waals surface area (Å²) in [5, 5.41) is 1.39. The van der Waals surface area contributed by atoms with E-state index in [1.165, 1.54) is 0 Å². The van der Waals surface area contributed by atoms with Gasteiger partial charge in [-0.1, -0.05) is 35.3 Å². The second-order valence-electron chi connectivity index (χ2n) is 7.36. The number of ether oxygens (including phenoxy) is 1. The Hall–Kier alpha value is -2.34. The molecule has 0 spiro atoms. The minimum Gasteiger partial charge on any atom is -0.450 e. The molecule has 7 heteroatoms. The Morgan fingerprint density at radius 1 is 1.03 bits per heavy atom. The van der Waals surface area contributed by atoms with Crippen LogP contribution in [0.3, 0.4) is 0 Å². The third-order valence-corrected chi connectivity index (χ3v) is 6.02. The number of halogens is 2. The molecule has 148 valence electrons. The fourth-order valence-corrected chi connectivity index (χ4v) is 4.48.